The molecule has 0 radical (unpaired) electrons. The Labute approximate surface area is 169 Å². The molecule has 1 amide bonds. The summed E-state index contributed by atoms with van der Waals surface area (Å²) in [6.07, 6.45) is 2.11. The second-order valence-corrected chi connectivity index (χ2v) is 7.09. The molecule has 1 N–H and O–H groups in total. The fourth-order valence-electron chi connectivity index (χ4n) is 3.21. The van der Waals surface area contributed by atoms with Crippen LogP contribution in [-0.2, 0) is 17.8 Å². The zero-order valence-corrected chi connectivity index (χ0v) is 16.5. The van der Waals surface area contributed by atoms with Crippen LogP contribution in [0, 0.1) is 0 Å². The predicted molar refractivity (Wildman–Crippen MR) is 115 cm³/mol. The molecule has 2 aromatic carbocycles. The summed E-state index contributed by atoms with van der Waals surface area (Å²) in [5, 5.41) is 8.57. The van der Waals surface area contributed by atoms with Crippen LogP contribution in [0.2, 0.25) is 0 Å². The monoisotopic (exact) mass is 385 g/mol. The van der Waals surface area contributed by atoms with Crippen molar-refractivity contribution < 1.29 is 4.79 Å². The maximum atomic E-state index is 12.5. The van der Waals surface area contributed by atoms with Crippen molar-refractivity contribution in [3.8, 4) is 5.69 Å². The number of benzene rings is 2. The van der Waals surface area contributed by atoms with Crippen LogP contribution in [0.3, 0.4) is 0 Å². The first-order valence-corrected chi connectivity index (χ1v) is 9.53. The number of pyridine rings is 1. The minimum atomic E-state index is -0.0596. The number of carbonyl (C=O) groups is 1. The topological polar surface area (TPSA) is 63.1 Å². The van der Waals surface area contributed by atoms with E-state index in [2.05, 4.69) is 15.4 Å². The highest BCUT2D eigenvalue weighted by Gasteiger charge is 2.10. The van der Waals surface area contributed by atoms with E-state index in [1.807, 2.05) is 91.9 Å². The molecule has 0 atom stereocenters. The van der Waals surface area contributed by atoms with Crippen LogP contribution >= 0.6 is 0 Å². The molecule has 6 nitrogen and oxygen atoms in total. The lowest BCUT2D eigenvalue weighted by atomic mass is 10.1. The summed E-state index contributed by atoms with van der Waals surface area (Å²) in [6.45, 7) is 0.447. The Morgan fingerprint density at radius 2 is 1.79 bits per heavy atom. The van der Waals surface area contributed by atoms with Gasteiger partial charge >= 0.3 is 0 Å². The number of anilines is 1. The number of nitrogens with one attached hydrogen (secondary N) is 1. The molecule has 0 fully saturated rings. The van der Waals surface area contributed by atoms with Crippen molar-refractivity contribution in [1.82, 2.24) is 20.1 Å². The van der Waals surface area contributed by atoms with E-state index in [4.69, 9.17) is 0 Å². The van der Waals surface area contributed by atoms with Gasteiger partial charge in [0.1, 0.15) is 5.82 Å². The third-order valence-electron chi connectivity index (χ3n) is 4.73. The molecule has 0 spiro atoms. The molecule has 29 heavy (non-hydrogen) atoms. The van der Waals surface area contributed by atoms with Gasteiger partial charge in [0.15, 0.2) is 0 Å². The standard InChI is InChI=1S/C23H23N5O/c1-27(2)22-14-17(20-10-6-7-11-21(20)25-22)16-24-23(29)15-18-12-13-28(26-18)19-8-4-3-5-9-19/h3-14H,15-16H2,1-2H3,(H,24,29). The number of nitrogens with zero attached hydrogens (tertiary/aromatic N) is 4. The highest BCUT2D eigenvalue weighted by Crippen LogP contribution is 2.22. The van der Waals surface area contributed by atoms with E-state index in [1.54, 1.807) is 4.68 Å². The Hall–Kier alpha value is -3.67. The molecular weight excluding hydrogens is 362 g/mol. The van der Waals surface area contributed by atoms with Crippen LogP contribution in [0.1, 0.15) is 11.3 Å². The molecule has 4 rings (SSSR count). The van der Waals surface area contributed by atoms with Crippen molar-refractivity contribution in [3.63, 3.8) is 0 Å². The van der Waals surface area contributed by atoms with Gasteiger partial charge < -0.3 is 10.2 Å². The number of carbonyl (C=O) groups excluding carboxylic acids is 1. The lowest BCUT2D eigenvalue weighted by molar-refractivity contribution is -0.120. The second-order valence-electron chi connectivity index (χ2n) is 7.09. The minimum absolute atomic E-state index is 0.0596. The van der Waals surface area contributed by atoms with Crippen molar-refractivity contribution in [2.24, 2.45) is 0 Å². The fraction of sp³-hybridized carbons (Fsp3) is 0.174. The summed E-state index contributed by atoms with van der Waals surface area (Å²) in [5.74, 6) is 0.810. The molecule has 2 aromatic heterocycles. The largest absolute Gasteiger partial charge is 0.363 e. The first kappa shape index (κ1) is 18.7. The molecule has 146 valence electrons. The van der Waals surface area contributed by atoms with Gasteiger partial charge in [-0.05, 0) is 35.9 Å². The lowest BCUT2D eigenvalue weighted by Gasteiger charge is -2.15. The van der Waals surface area contributed by atoms with Crippen molar-refractivity contribution in [3.05, 3.63) is 84.2 Å². The quantitative estimate of drug-likeness (QED) is 0.553. The van der Waals surface area contributed by atoms with E-state index in [9.17, 15) is 4.79 Å². The van der Waals surface area contributed by atoms with Crippen LogP contribution in [0.25, 0.3) is 16.6 Å². The van der Waals surface area contributed by atoms with E-state index < -0.39 is 0 Å². The molecular formula is C23H23N5O. The van der Waals surface area contributed by atoms with E-state index >= 15 is 0 Å². The first-order valence-electron chi connectivity index (χ1n) is 9.53. The molecule has 0 unspecified atom stereocenters. The molecule has 0 saturated heterocycles. The van der Waals surface area contributed by atoms with E-state index in [-0.39, 0.29) is 12.3 Å². The van der Waals surface area contributed by atoms with Gasteiger partial charge in [0.2, 0.25) is 5.91 Å². The van der Waals surface area contributed by atoms with Crippen molar-refractivity contribution in [2.45, 2.75) is 13.0 Å². The number of para-hydroxylation sites is 2. The van der Waals surface area contributed by atoms with Crippen LogP contribution in [0.15, 0.2) is 72.9 Å². The maximum Gasteiger partial charge on any atom is 0.226 e. The van der Waals surface area contributed by atoms with Crippen LogP contribution in [-0.4, -0.2) is 34.8 Å². The van der Waals surface area contributed by atoms with E-state index in [0.29, 0.717) is 6.54 Å². The Morgan fingerprint density at radius 3 is 2.59 bits per heavy atom. The Balaban J connectivity index is 1.46. The van der Waals surface area contributed by atoms with Gasteiger partial charge in [0.25, 0.3) is 0 Å². The molecule has 0 bridgehead atoms. The Morgan fingerprint density at radius 1 is 1.03 bits per heavy atom. The van der Waals surface area contributed by atoms with Gasteiger partial charge in [0, 0.05) is 32.2 Å². The minimum Gasteiger partial charge on any atom is -0.363 e. The molecule has 0 aliphatic rings. The van der Waals surface area contributed by atoms with Gasteiger partial charge in [-0.3, -0.25) is 4.79 Å². The first-order chi connectivity index (χ1) is 14.1. The summed E-state index contributed by atoms with van der Waals surface area (Å²) < 4.78 is 1.78. The SMILES string of the molecule is CN(C)c1cc(CNC(=O)Cc2ccn(-c3ccccc3)n2)c2ccccc2n1. The Kier molecular flexibility index (Phi) is 5.24. The zero-order valence-electron chi connectivity index (χ0n) is 16.5. The lowest BCUT2D eigenvalue weighted by Crippen LogP contribution is -2.25. The molecule has 0 aliphatic carbocycles. The number of rotatable bonds is 6. The molecule has 0 aliphatic heterocycles. The summed E-state index contributed by atoms with van der Waals surface area (Å²) >= 11 is 0. The molecule has 0 saturated carbocycles. The van der Waals surface area contributed by atoms with Gasteiger partial charge in [-0.25, -0.2) is 9.67 Å². The van der Waals surface area contributed by atoms with Crippen molar-refractivity contribution in [2.75, 3.05) is 19.0 Å². The van der Waals surface area contributed by atoms with Crippen LogP contribution in [0.4, 0.5) is 5.82 Å². The number of hydrogen-bond donors (Lipinski definition) is 1. The number of fused-ring (bicyclic) bond motifs is 1. The second kappa shape index (κ2) is 8.14. The highest BCUT2D eigenvalue weighted by molar-refractivity contribution is 5.85. The van der Waals surface area contributed by atoms with E-state index in [0.717, 1.165) is 33.7 Å². The average Bonchev–Trinajstić information content (AvgIpc) is 3.20. The summed E-state index contributed by atoms with van der Waals surface area (Å²) in [7, 11) is 3.92. The summed E-state index contributed by atoms with van der Waals surface area (Å²) in [5.41, 5.74) is 3.67. The van der Waals surface area contributed by atoms with Gasteiger partial charge in [0.05, 0.1) is 23.3 Å². The third kappa shape index (κ3) is 4.27. The summed E-state index contributed by atoms with van der Waals surface area (Å²) in [4.78, 5) is 19.1. The average molecular weight is 385 g/mol. The molecule has 6 heteroatoms. The number of aromatic nitrogens is 3. The third-order valence-corrected chi connectivity index (χ3v) is 4.73. The van der Waals surface area contributed by atoms with Crippen LogP contribution < -0.4 is 10.2 Å². The molecule has 4 aromatic rings. The number of hydrogen-bond acceptors (Lipinski definition) is 4. The maximum absolute atomic E-state index is 12.5. The zero-order chi connectivity index (χ0) is 20.2. The number of amides is 1. The van der Waals surface area contributed by atoms with Crippen molar-refractivity contribution >= 4 is 22.6 Å². The fourth-order valence-corrected chi connectivity index (χ4v) is 3.21. The highest BCUT2D eigenvalue weighted by atomic mass is 16.1. The van der Waals surface area contributed by atoms with Crippen molar-refractivity contribution in [1.29, 1.82) is 0 Å². The van der Waals surface area contributed by atoms with E-state index in [1.165, 1.54) is 0 Å². The smallest absolute Gasteiger partial charge is 0.226 e. The normalized spacial score (nSPS) is 10.8. The predicted octanol–water partition coefficient (Wildman–Crippen LogP) is 3.35. The van der Waals surface area contributed by atoms with Gasteiger partial charge in [-0.15, -0.1) is 0 Å². The Bertz CT molecular complexity index is 1130. The van der Waals surface area contributed by atoms with Gasteiger partial charge in [-0.2, -0.15) is 5.10 Å². The van der Waals surface area contributed by atoms with Crippen LogP contribution in [0.5, 0.6) is 0 Å². The van der Waals surface area contributed by atoms with Gasteiger partial charge in [-0.1, -0.05) is 36.4 Å². The molecule has 2 heterocycles. The summed E-state index contributed by atoms with van der Waals surface area (Å²) in [6, 6.07) is 21.7.